The first-order valence-corrected chi connectivity index (χ1v) is 6.86. The Labute approximate surface area is 118 Å². The van der Waals surface area contributed by atoms with Crippen molar-refractivity contribution in [2.75, 3.05) is 38.1 Å². The highest BCUT2D eigenvalue weighted by Crippen LogP contribution is 2.26. The van der Waals surface area contributed by atoms with Gasteiger partial charge in [-0.25, -0.2) is 16.5 Å². The Hall–Kier alpha value is -2.13. The molecule has 0 bridgehead atoms. The summed E-state index contributed by atoms with van der Waals surface area (Å²) in [5.41, 5.74) is 0.889. The van der Waals surface area contributed by atoms with Crippen molar-refractivity contribution in [3.8, 4) is 0 Å². The van der Waals surface area contributed by atoms with Gasteiger partial charge in [0.2, 0.25) is 6.54 Å². The van der Waals surface area contributed by atoms with Crippen molar-refractivity contribution in [3.63, 3.8) is 0 Å². The molecule has 0 aromatic carbocycles. The van der Waals surface area contributed by atoms with Crippen LogP contribution in [-0.4, -0.2) is 59.1 Å². The Morgan fingerprint density at radius 2 is 2.45 bits per heavy atom. The highest BCUT2D eigenvalue weighted by Gasteiger charge is 2.27. The molecule has 0 spiro atoms. The molecule has 3 heterocycles. The van der Waals surface area contributed by atoms with Crippen LogP contribution in [0.3, 0.4) is 0 Å². The van der Waals surface area contributed by atoms with Gasteiger partial charge >= 0.3 is 0 Å². The average molecular weight is 270 g/mol. The summed E-state index contributed by atoms with van der Waals surface area (Å²) in [6.07, 6.45) is 4.63. The maximum atomic E-state index is 6.88. The first kappa shape index (κ1) is 12.9. The van der Waals surface area contributed by atoms with Gasteiger partial charge in [0.25, 0.3) is 0 Å². The molecule has 0 aliphatic carbocycles. The number of nitrogens with one attached hydrogen (secondary N) is 1. The van der Waals surface area contributed by atoms with Crippen molar-refractivity contribution < 1.29 is 0 Å². The first-order chi connectivity index (χ1) is 9.79. The number of hydrogen-bond donors (Lipinski definition) is 1. The molecule has 0 unspecified atom stereocenters. The number of aromatic amines is 1. The van der Waals surface area contributed by atoms with Crippen molar-refractivity contribution in [1.29, 1.82) is 0 Å². The number of rotatable bonds is 4. The average Bonchev–Trinajstić information content (AvgIpc) is 3.12. The molecule has 1 saturated heterocycles. The van der Waals surface area contributed by atoms with Gasteiger partial charge in [-0.15, -0.1) is 0 Å². The van der Waals surface area contributed by atoms with Crippen molar-refractivity contribution in [3.05, 3.63) is 30.0 Å². The normalized spacial score (nSPS) is 18.9. The van der Waals surface area contributed by atoms with Gasteiger partial charge in [-0.1, -0.05) is 0 Å². The minimum atomic E-state index is 0.501. The largest absolute Gasteiger partial charge is 0.354 e. The second-order valence-corrected chi connectivity index (χ2v) is 5.19. The van der Waals surface area contributed by atoms with Gasteiger partial charge in [-0.05, 0) is 19.5 Å². The molecule has 2 aromatic heterocycles. The van der Waals surface area contributed by atoms with Crippen LogP contribution < -0.4 is 4.90 Å². The summed E-state index contributed by atoms with van der Waals surface area (Å²) in [5, 5.41) is 1.08. The van der Waals surface area contributed by atoms with Gasteiger partial charge in [-0.3, -0.25) is 4.90 Å². The Kier molecular flexibility index (Phi) is 3.52. The van der Waals surface area contributed by atoms with Gasteiger partial charge in [0.15, 0.2) is 0 Å². The molecule has 20 heavy (non-hydrogen) atoms. The van der Waals surface area contributed by atoms with E-state index in [1.54, 1.807) is 6.33 Å². The molecule has 1 N–H and O–H groups in total. The lowest BCUT2D eigenvalue weighted by Crippen LogP contribution is -2.36. The molecule has 6 nitrogen and oxygen atoms in total. The van der Waals surface area contributed by atoms with E-state index in [0.717, 1.165) is 42.9 Å². The van der Waals surface area contributed by atoms with Crippen LogP contribution in [0.25, 0.3) is 15.9 Å². The molecule has 104 valence electrons. The summed E-state index contributed by atoms with van der Waals surface area (Å²) in [5.74, 6) is 1.01. The van der Waals surface area contributed by atoms with Gasteiger partial charge in [-0.2, -0.15) is 0 Å². The first-order valence-electron chi connectivity index (χ1n) is 6.86. The van der Waals surface area contributed by atoms with Gasteiger partial charge in [0, 0.05) is 25.3 Å². The van der Waals surface area contributed by atoms with Crippen LogP contribution in [-0.2, 0) is 0 Å². The molecular weight excluding hydrogens is 252 g/mol. The van der Waals surface area contributed by atoms with Crippen molar-refractivity contribution in [1.82, 2.24) is 19.9 Å². The molecule has 1 aliphatic heterocycles. The summed E-state index contributed by atoms with van der Waals surface area (Å²) in [6.45, 7) is 10.3. The molecule has 0 amide bonds. The number of H-pyrrole nitrogens is 1. The van der Waals surface area contributed by atoms with Crippen LogP contribution in [0.4, 0.5) is 5.82 Å². The molecule has 3 rings (SSSR count). The van der Waals surface area contributed by atoms with E-state index in [1.807, 2.05) is 12.3 Å². The van der Waals surface area contributed by atoms with Crippen LogP contribution in [0.5, 0.6) is 0 Å². The fourth-order valence-corrected chi connectivity index (χ4v) is 2.79. The van der Waals surface area contributed by atoms with E-state index in [9.17, 15) is 0 Å². The zero-order valence-electron chi connectivity index (χ0n) is 11.6. The number of hydrogen-bond acceptors (Lipinski definition) is 4. The van der Waals surface area contributed by atoms with Crippen molar-refractivity contribution in [2.45, 2.75) is 12.5 Å². The van der Waals surface area contributed by atoms with E-state index in [1.165, 1.54) is 0 Å². The zero-order chi connectivity index (χ0) is 13.9. The van der Waals surface area contributed by atoms with Gasteiger partial charge in [0.05, 0.1) is 11.9 Å². The fourth-order valence-electron chi connectivity index (χ4n) is 2.79. The molecular formula is C14H18N6. The molecule has 6 heteroatoms. The second kappa shape index (κ2) is 5.47. The van der Waals surface area contributed by atoms with Crippen LogP contribution in [0.15, 0.2) is 18.6 Å². The SMILES string of the molecule is [C-]#[N+]CCN(C)[C@@H]1CCN(c2ncnc3[nH]ccc23)C1. The quantitative estimate of drug-likeness (QED) is 0.853. The smallest absolute Gasteiger partial charge is 0.227 e. The number of anilines is 1. The number of likely N-dealkylation sites (N-methyl/N-ethyl adjacent to an activating group) is 1. The van der Waals surface area contributed by atoms with E-state index in [-0.39, 0.29) is 0 Å². The lowest BCUT2D eigenvalue weighted by atomic mass is 10.2. The van der Waals surface area contributed by atoms with E-state index < -0.39 is 0 Å². The van der Waals surface area contributed by atoms with Crippen LogP contribution >= 0.6 is 0 Å². The van der Waals surface area contributed by atoms with Crippen molar-refractivity contribution in [2.24, 2.45) is 0 Å². The third kappa shape index (κ3) is 2.32. The Morgan fingerprint density at radius 3 is 3.30 bits per heavy atom. The van der Waals surface area contributed by atoms with E-state index in [2.05, 4.69) is 36.6 Å². The third-order valence-corrected chi connectivity index (χ3v) is 3.98. The monoisotopic (exact) mass is 270 g/mol. The molecule has 1 fully saturated rings. The molecule has 2 aromatic rings. The van der Waals surface area contributed by atoms with Gasteiger partial charge < -0.3 is 14.7 Å². The summed E-state index contributed by atoms with van der Waals surface area (Å²) >= 11 is 0. The predicted molar refractivity (Wildman–Crippen MR) is 78.6 cm³/mol. The lowest BCUT2D eigenvalue weighted by molar-refractivity contribution is 0.270. The molecule has 0 radical (unpaired) electrons. The minimum Gasteiger partial charge on any atom is -0.354 e. The Morgan fingerprint density at radius 1 is 1.55 bits per heavy atom. The minimum absolute atomic E-state index is 0.501. The highest BCUT2D eigenvalue weighted by molar-refractivity contribution is 5.87. The summed E-state index contributed by atoms with van der Waals surface area (Å²) in [6, 6.07) is 2.53. The third-order valence-electron chi connectivity index (χ3n) is 3.98. The van der Waals surface area contributed by atoms with Gasteiger partial charge in [0.1, 0.15) is 17.8 Å². The topological polar surface area (TPSA) is 52.4 Å². The van der Waals surface area contributed by atoms with Crippen LogP contribution in [0.1, 0.15) is 6.42 Å². The standard InChI is InChI=1S/C14H18N6/c1-15-6-8-19(2)11-4-7-20(9-11)14-12-3-5-16-13(12)17-10-18-14/h3,5,10-11H,4,6-9H2,2H3,(H,16,17,18)/t11-/m1/s1. The predicted octanol–water partition coefficient (Wildman–Crippen LogP) is 1.39. The summed E-state index contributed by atoms with van der Waals surface area (Å²) < 4.78 is 0. The van der Waals surface area contributed by atoms with E-state index >= 15 is 0 Å². The zero-order valence-corrected chi connectivity index (χ0v) is 11.6. The maximum absolute atomic E-state index is 6.88. The van der Waals surface area contributed by atoms with Crippen LogP contribution in [0, 0.1) is 6.57 Å². The van der Waals surface area contributed by atoms with Crippen LogP contribution in [0.2, 0.25) is 0 Å². The summed E-state index contributed by atoms with van der Waals surface area (Å²) in [7, 11) is 2.10. The Balaban J connectivity index is 1.74. The molecule has 1 aliphatic rings. The number of aromatic nitrogens is 3. The number of nitrogens with zero attached hydrogens (tertiary/aromatic N) is 5. The Bertz CT molecular complexity index is 628. The highest BCUT2D eigenvalue weighted by atomic mass is 15.3. The molecule has 0 saturated carbocycles. The molecule has 1 atom stereocenters. The van der Waals surface area contributed by atoms with E-state index in [0.29, 0.717) is 12.6 Å². The second-order valence-electron chi connectivity index (χ2n) is 5.19. The van der Waals surface area contributed by atoms with Crippen molar-refractivity contribution >= 4 is 16.9 Å². The fraction of sp³-hybridized carbons (Fsp3) is 0.500. The number of fused-ring (bicyclic) bond motifs is 1. The maximum Gasteiger partial charge on any atom is 0.227 e. The van der Waals surface area contributed by atoms with E-state index in [4.69, 9.17) is 6.57 Å². The summed E-state index contributed by atoms with van der Waals surface area (Å²) in [4.78, 5) is 19.8. The lowest BCUT2D eigenvalue weighted by Gasteiger charge is -2.23.